The van der Waals surface area contributed by atoms with Crippen molar-refractivity contribution in [2.45, 2.75) is 12.8 Å². The monoisotopic (exact) mass is 340 g/mol. The van der Waals surface area contributed by atoms with E-state index in [-0.39, 0.29) is 6.03 Å². The number of rotatable bonds is 5. The number of carbonyl (C=O) groups is 1. The van der Waals surface area contributed by atoms with Gasteiger partial charge in [0, 0.05) is 39.4 Å². The van der Waals surface area contributed by atoms with Crippen LogP contribution in [-0.2, 0) is 10.2 Å². The molecule has 1 aliphatic heterocycles. The molecule has 23 heavy (non-hydrogen) atoms. The Bertz CT molecular complexity index is 611. The fourth-order valence-electron chi connectivity index (χ4n) is 2.51. The summed E-state index contributed by atoms with van der Waals surface area (Å²) in [6, 6.07) is 9.01. The third-order valence-corrected chi connectivity index (χ3v) is 5.88. The van der Waals surface area contributed by atoms with Gasteiger partial charge in [-0.1, -0.05) is 18.2 Å². The first-order valence-corrected chi connectivity index (χ1v) is 9.07. The Morgan fingerprint density at radius 1 is 1.22 bits per heavy atom. The highest BCUT2D eigenvalue weighted by Gasteiger charge is 2.29. The van der Waals surface area contributed by atoms with Gasteiger partial charge in [0.15, 0.2) is 0 Å². The second-order valence-electron chi connectivity index (χ2n) is 5.83. The molecule has 0 unspecified atom stereocenters. The Kier molecular flexibility index (Phi) is 5.97. The van der Waals surface area contributed by atoms with Crippen LogP contribution in [0.15, 0.2) is 30.3 Å². The van der Waals surface area contributed by atoms with Crippen molar-refractivity contribution in [1.29, 1.82) is 0 Å². The molecule has 1 aromatic rings. The molecule has 7 nitrogen and oxygen atoms in total. The molecule has 8 heteroatoms. The van der Waals surface area contributed by atoms with E-state index in [1.165, 1.54) is 22.7 Å². The van der Waals surface area contributed by atoms with Gasteiger partial charge in [0.05, 0.1) is 0 Å². The van der Waals surface area contributed by atoms with Gasteiger partial charge >= 0.3 is 6.03 Å². The summed E-state index contributed by atoms with van der Waals surface area (Å²) < 4.78 is 26.8. The molecule has 0 saturated carbocycles. The van der Waals surface area contributed by atoms with Gasteiger partial charge in [-0.05, 0) is 30.9 Å². The molecule has 2 N–H and O–H groups in total. The third-order valence-electron chi connectivity index (χ3n) is 3.94. The predicted octanol–water partition coefficient (Wildman–Crippen LogP) is 1.33. The van der Waals surface area contributed by atoms with Crippen molar-refractivity contribution in [3.8, 4) is 0 Å². The van der Waals surface area contributed by atoms with Crippen LogP contribution in [0.3, 0.4) is 0 Å². The highest BCUT2D eigenvalue weighted by molar-refractivity contribution is 7.86. The Balaban J connectivity index is 1.74. The normalized spacial score (nSPS) is 17.2. The number of anilines is 1. The van der Waals surface area contributed by atoms with Crippen LogP contribution in [-0.4, -0.2) is 56.8 Å². The number of hydrogen-bond donors (Lipinski definition) is 2. The molecule has 0 aliphatic carbocycles. The first-order valence-electron chi connectivity index (χ1n) is 7.67. The van der Waals surface area contributed by atoms with Crippen molar-refractivity contribution < 1.29 is 13.2 Å². The molecule has 0 aromatic heterocycles. The lowest BCUT2D eigenvalue weighted by atomic mass is 9.98. The van der Waals surface area contributed by atoms with Gasteiger partial charge in [-0.15, -0.1) is 0 Å². The Morgan fingerprint density at radius 3 is 2.39 bits per heavy atom. The summed E-state index contributed by atoms with van der Waals surface area (Å²) in [6.07, 6.45) is 1.50. The number of piperidine rings is 1. The fourth-order valence-corrected chi connectivity index (χ4v) is 3.64. The van der Waals surface area contributed by atoms with E-state index >= 15 is 0 Å². The van der Waals surface area contributed by atoms with E-state index in [1.807, 2.05) is 30.3 Å². The van der Waals surface area contributed by atoms with Gasteiger partial charge in [0.25, 0.3) is 10.2 Å². The molecule has 1 saturated heterocycles. The minimum absolute atomic E-state index is 0.237. The summed E-state index contributed by atoms with van der Waals surface area (Å²) in [4.78, 5) is 11.8. The zero-order chi connectivity index (χ0) is 16.9. The lowest BCUT2D eigenvalue weighted by Gasteiger charge is -2.32. The van der Waals surface area contributed by atoms with Crippen molar-refractivity contribution in [3.63, 3.8) is 0 Å². The van der Waals surface area contributed by atoms with E-state index in [9.17, 15) is 13.2 Å². The zero-order valence-corrected chi connectivity index (χ0v) is 14.3. The minimum Gasteiger partial charge on any atom is -0.338 e. The smallest absolute Gasteiger partial charge is 0.319 e. The number of hydrogen-bond acceptors (Lipinski definition) is 3. The van der Waals surface area contributed by atoms with Crippen LogP contribution in [0.25, 0.3) is 0 Å². The maximum absolute atomic E-state index is 12.0. The lowest BCUT2D eigenvalue weighted by Crippen LogP contribution is -2.46. The van der Waals surface area contributed by atoms with Crippen LogP contribution in [0.4, 0.5) is 10.5 Å². The fraction of sp³-hybridized carbons (Fsp3) is 0.533. The molecule has 1 aliphatic rings. The number of benzene rings is 1. The molecular formula is C15H24N4O3S. The molecule has 128 valence electrons. The third kappa shape index (κ3) is 4.92. The van der Waals surface area contributed by atoms with Crippen LogP contribution < -0.4 is 10.6 Å². The predicted molar refractivity (Wildman–Crippen MR) is 90.4 cm³/mol. The Morgan fingerprint density at radius 2 is 1.83 bits per heavy atom. The van der Waals surface area contributed by atoms with Gasteiger partial charge in [-0.25, -0.2) is 4.79 Å². The largest absolute Gasteiger partial charge is 0.338 e. The first-order chi connectivity index (χ1) is 10.9. The maximum Gasteiger partial charge on any atom is 0.319 e. The number of urea groups is 1. The molecule has 0 atom stereocenters. The van der Waals surface area contributed by atoms with Gasteiger partial charge in [-0.3, -0.25) is 0 Å². The zero-order valence-electron chi connectivity index (χ0n) is 13.5. The molecule has 1 heterocycles. The second-order valence-corrected chi connectivity index (χ2v) is 7.98. The minimum atomic E-state index is -3.33. The number of nitrogens with one attached hydrogen (secondary N) is 2. The van der Waals surface area contributed by atoms with E-state index in [0.29, 0.717) is 25.6 Å². The number of carbonyl (C=O) groups excluding carboxylic acids is 1. The SMILES string of the molecule is CN(C)S(=O)(=O)N1CCC(CNC(=O)Nc2ccccc2)CC1. The topological polar surface area (TPSA) is 81.8 Å². The molecule has 1 aromatic carbocycles. The van der Waals surface area contributed by atoms with Crippen molar-refractivity contribution in [1.82, 2.24) is 13.9 Å². The van der Waals surface area contributed by atoms with Crippen LogP contribution in [0.5, 0.6) is 0 Å². The highest BCUT2D eigenvalue weighted by atomic mass is 32.2. The maximum atomic E-state index is 12.0. The summed E-state index contributed by atoms with van der Waals surface area (Å²) in [6.45, 7) is 1.54. The lowest BCUT2D eigenvalue weighted by molar-refractivity contribution is 0.238. The summed E-state index contributed by atoms with van der Waals surface area (Å²) >= 11 is 0. The Labute approximate surface area is 137 Å². The molecule has 2 amide bonds. The molecular weight excluding hydrogens is 316 g/mol. The second kappa shape index (κ2) is 7.76. The van der Waals surface area contributed by atoms with E-state index in [1.54, 1.807) is 0 Å². The van der Waals surface area contributed by atoms with Crippen molar-refractivity contribution in [2.75, 3.05) is 39.0 Å². The van der Waals surface area contributed by atoms with Crippen LogP contribution in [0.2, 0.25) is 0 Å². The van der Waals surface area contributed by atoms with Crippen molar-refractivity contribution >= 4 is 21.9 Å². The van der Waals surface area contributed by atoms with E-state index in [4.69, 9.17) is 0 Å². The first kappa shape index (κ1) is 17.7. The van der Waals surface area contributed by atoms with Crippen molar-refractivity contribution in [3.05, 3.63) is 30.3 Å². The molecule has 0 spiro atoms. The van der Waals surface area contributed by atoms with E-state index in [2.05, 4.69) is 10.6 Å². The number of amides is 2. The van der Waals surface area contributed by atoms with Crippen molar-refractivity contribution in [2.24, 2.45) is 5.92 Å². The highest BCUT2D eigenvalue weighted by Crippen LogP contribution is 2.19. The summed E-state index contributed by atoms with van der Waals surface area (Å²) in [5, 5.41) is 5.62. The van der Waals surface area contributed by atoms with Gasteiger partial charge in [0.2, 0.25) is 0 Å². The average molecular weight is 340 g/mol. The molecule has 2 rings (SSSR count). The van der Waals surface area contributed by atoms with Crippen LogP contribution in [0.1, 0.15) is 12.8 Å². The standard InChI is InChI=1S/C15H24N4O3S/c1-18(2)23(21,22)19-10-8-13(9-11-19)12-16-15(20)17-14-6-4-3-5-7-14/h3-7,13H,8-12H2,1-2H3,(H2,16,17,20). The number of para-hydroxylation sites is 1. The summed E-state index contributed by atoms with van der Waals surface area (Å²) in [5.41, 5.74) is 0.747. The quantitative estimate of drug-likeness (QED) is 0.848. The van der Waals surface area contributed by atoms with Gasteiger partial charge < -0.3 is 10.6 Å². The molecule has 0 bridgehead atoms. The summed E-state index contributed by atoms with van der Waals surface area (Å²) in [5.74, 6) is 0.296. The van der Waals surface area contributed by atoms with Crippen LogP contribution in [0, 0.1) is 5.92 Å². The Hall–Kier alpha value is -1.64. The summed E-state index contributed by atoms with van der Waals surface area (Å²) in [7, 11) is -0.251. The van der Waals surface area contributed by atoms with Crippen LogP contribution >= 0.6 is 0 Å². The molecule has 1 fully saturated rings. The average Bonchev–Trinajstić information content (AvgIpc) is 2.54. The number of nitrogens with zero attached hydrogens (tertiary/aromatic N) is 2. The van der Waals surface area contributed by atoms with Gasteiger partial charge in [-0.2, -0.15) is 17.0 Å². The van der Waals surface area contributed by atoms with Gasteiger partial charge in [0.1, 0.15) is 0 Å². The molecule has 0 radical (unpaired) electrons. The van der Waals surface area contributed by atoms with E-state index in [0.717, 1.165) is 18.5 Å². The van der Waals surface area contributed by atoms with E-state index < -0.39 is 10.2 Å².